The largest absolute Gasteiger partial charge is 0.496 e. The van der Waals surface area contributed by atoms with Gasteiger partial charge in [0.25, 0.3) is 0 Å². The van der Waals surface area contributed by atoms with Crippen LogP contribution in [0.1, 0.15) is 17.0 Å². The van der Waals surface area contributed by atoms with Crippen LogP contribution in [-0.2, 0) is 17.9 Å². The van der Waals surface area contributed by atoms with Crippen molar-refractivity contribution >= 4 is 23.2 Å². The molecule has 0 aliphatic rings. The van der Waals surface area contributed by atoms with E-state index in [1.807, 2.05) is 6.92 Å². The molecule has 1 heterocycles. The van der Waals surface area contributed by atoms with Crippen molar-refractivity contribution in [3.05, 3.63) is 40.2 Å². The molecule has 0 radical (unpaired) electrons. The number of rotatable bonds is 5. The Balaban J connectivity index is 2.10. The van der Waals surface area contributed by atoms with E-state index < -0.39 is 0 Å². The monoisotopic (exact) mass is 323 g/mol. The molecule has 0 atom stereocenters. The number of hydrogen-bond acceptors (Lipinski definition) is 4. The number of aromatic nitrogens is 2. The quantitative estimate of drug-likeness (QED) is 0.885. The molecule has 2 rings (SSSR count). The van der Waals surface area contributed by atoms with Gasteiger partial charge in [-0.1, -0.05) is 11.6 Å². The zero-order valence-corrected chi connectivity index (χ0v) is 13.4. The van der Waals surface area contributed by atoms with Crippen molar-refractivity contribution in [3.8, 4) is 5.75 Å². The summed E-state index contributed by atoms with van der Waals surface area (Å²) in [6, 6.07) is 5.08. The second kappa shape index (κ2) is 6.81. The van der Waals surface area contributed by atoms with Crippen LogP contribution in [0.2, 0.25) is 5.02 Å². The van der Waals surface area contributed by atoms with E-state index in [-0.39, 0.29) is 19.1 Å². The van der Waals surface area contributed by atoms with Gasteiger partial charge in [0.2, 0.25) is 5.91 Å². The molecule has 0 saturated carbocycles. The summed E-state index contributed by atoms with van der Waals surface area (Å²) in [5, 5.41) is 16.8. The Hall–Kier alpha value is -2.05. The summed E-state index contributed by atoms with van der Waals surface area (Å²) < 4.78 is 6.68. The molecule has 118 valence electrons. The first-order valence-corrected chi connectivity index (χ1v) is 7.11. The molecule has 0 unspecified atom stereocenters. The van der Waals surface area contributed by atoms with Gasteiger partial charge in [-0.3, -0.25) is 9.48 Å². The van der Waals surface area contributed by atoms with Gasteiger partial charge in [0, 0.05) is 11.3 Å². The third-order valence-electron chi connectivity index (χ3n) is 3.32. The second-order valence-electron chi connectivity index (χ2n) is 4.88. The van der Waals surface area contributed by atoms with Crippen LogP contribution in [-0.4, -0.2) is 27.9 Å². The maximum absolute atomic E-state index is 12.1. The summed E-state index contributed by atoms with van der Waals surface area (Å²) in [5.74, 6) is 0.349. The van der Waals surface area contributed by atoms with Gasteiger partial charge in [0.15, 0.2) is 0 Å². The van der Waals surface area contributed by atoms with Gasteiger partial charge in [-0.05, 0) is 32.0 Å². The molecule has 2 aromatic rings. The fourth-order valence-corrected chi connectivity index (χ4v) is 2.28. The minimum atomic E-state index is -0.226. The van der Waals surface area contributed by atoms with Crippen LogP contribution in [0.25, 0.3) is 0 Å². The van der Waals surface area contributed by atoms with E-state index in [2.05, 4.69) is 10.4 Å². The third-order valence-corrected chi connectivity index (χ3v) is 3.87. The Bertz CT molecular complexity index is 698. The number of benzene rings is 1. The zero-order chi connectivity index (χ0) is 16.3. The first kappa shape index (κ1) is 16.3. The lowest BCUT2D eigenvalue weighted by Gasteiger charge is -2.10. The maximum atomic E-state index is 12.1. The van der Waals surface area contributed by atoms with Crippen LogP contribution >= 0.6 is 11.6 Å². The van der Waals surface area contributed by atoms with E-state index >= 15 is 0 Å². The molecule has 6 nitrogen and oxygen atoms in total. The van der Waals surface area contributed by atoms with Crippen molar-refractivity contribution in [2.45, 2.75) is 27.0 Å². The van der Waals surface area contributed by atoms with Crippen molar-refractivity contribution in [3.63, 3.8) is 0 Å². The molecular weight excluding hydrogens is 306 g/mol. The number of hydrogen-bond donors (Lipinski definition) is 2. The van der Waals surface area contributed by atoms with Gasteiger partial charge in [0.05, 0.1) is 30.1 Å². The van der Waals surface area contributed by atoms with E-state index in [0.29, 0.717) is 27.7 Å². The molecule has 1 aromatic carbocycles. The Kier molecular flexibility index (Phi) is 5.05. The fraction of sp³-hybridized carbons (Fsp3) is 0.333. The van der Waals surface area contributed by atoms with Gasteiger partial charge in [-0.25, -0.2) is 0 Å². The topological polar surface area (TPSA) is 76.4 Å². The molecule has 0 bridgehead atoms. The number of carbonyl (C=O) groups excluding carboxylic acids is 1. The van der Waals surface area contributed by atoms with E-state index in [9.17, 15) is 9.90 Å². The van der Waals surface area contributed by atoms with E-state index in [1.54, 1.807) is 29.8 Å². The van der Waals surface area contributed by atoms with Crippen LogP contribution in [0.15, 0.2) is 18.2 Å². The first-order chi connectivity index (χ1) is 10.5. The van der Waals surface area contributed by atoms with Crippen molar-refractivity contribution in [2.24, 2.45) is 0 Å². The number of anilines is 1. The molecular formula is C15H18ClN3O3. The Labute approximate surface area is 133 Å². The van der Waals surface area contributed by atoms with Crippen LogP contribution in [0, 0.1) is 13.8 Å². The molecule has 0 saturated heterocycles. The summed E-state index contributed by atoms with van der Waals surface area (Å²) in [4.78, 5) is 12.1. The highest BCUT2D eigenvalue weighted by Crippen LogP contribution is 2.23. The number of aryl methyl sites for hydroxylation is 1. The predicted octanol–water partition coefficient (Wildman–Crippen LogP) is 2.29. The van der Waals surface area contributed by atoms with Crippen LogP contribution < -0.4 is 10.1 Å². The average Bonchev–Trinajstić information content (AvgIpc) is 2.74. The summed E-state index contributed by atoms with van der Waals surface area (Å²) >= 11 is 6.06. The minimum absolute atomic E-state index is 0.0693. The van der Waals surface area contributed by atoms with E-state index in [1.165, 1.54) is 7.11 Å². The van der Waals surface area contributed by atoms with Crippen molar-refractivity contribution in [1.29, 1.82) is 0 Å². The predicted molar refractivity (Wildman–Crippen MR) is 84.3 cm³/mol. The van der Waals surface area contributed by atoms with Gasteiger partial charge in [-0.15, -0.1) is 0 Å². The van der Waals surface area contributed by atoms with E-state index in [0.717, 1.165) is 5.69 Å². The van der Waals surface area contributed by atoms with Gasteiger partial charge < -0.3 is 15.2 Å². The molecule has 0 spiro atoms. The van der Waals surface area contributed by atoms with Gasteiger partial charge >= 0.3 is 0 Å². The summed E-state index contributed by atoms with van der Waals surface area (Å²) in [5.41, 5.74) is 2.64. The van der Waals surface area contributed by atoms with Crippen LogP contribution in [0.4, 0.5) is 5.69 Å². The van der Waals surface area contributed by atoms with Crippen LogP contribution in [0.3, 0.4) is 0 Å². The number of carbonyl (C=O) groups is 1. The fourth-order valence-electron chi connectivity index (χ4n) is 2.15. The number of methoxy groups -OCH3 is 1. The van der Waals surface area contributed by atoms with Crippen molar-refractivity contribution < 1.29 is 14.6 Å². The number of nitrogens with zero attached hydrogens (tertiary/aromatic N) is 2. The van der Waals surface area contributed by atoms with E-state index in [4.69, 9.17) is 16.3 Å². The molecule has 1 aromatic heterocycles. The molecule has 22 heavy (non-hydrogen) atoms. The highest BCUT2D eigenvalue weighted by molar-refractivity contribution is 6.31. The summed E-state index contributed by atoms with van der Waals surface area (Å²) in [6.07, 6.45) is 0. The Morgan fingerprint density at radius 2 is 2.18 bits per heavy atom. The molecule has 0 aliphatic carbocycles. The average molecular weight is 324 g/mol. The van der Waals surface area contributed by atoms with Crippen molar-refractivity contribution in [2.75, 3.05) is 12.4 Å². The number of aliphatic hydroxyl groups excluding tert-OH is 1. The molecule has 0 fully saturated rings. The van der Waals surface area contributed by atoms with Gasteiger partial charge in [0.1, 0.15) is 12.3 Å². The normalized spacial score (nSPS) is 10.6. The first-order valence-electron chi connectivity index (χ1n) is 6.73. The molecule has 1 amide bonds. The minimum Gasteiger partial charge on any atom is -0.496 e. The number of aliphatic hydroxyl groups is 1. The molecule has 7 heteroatoms. The van der Waals surface area contributed by atoms with Crippen LogP contribution in [0.5, 0.6) is 5.75 Å². The third kappa shape index (κ3) is 3.40. The van der Waals surface area contributed by atoms with Gasteiger partial charge in [-0.2, -0.15) is 5.10 Å². The number of nitrogens with one attached hydrogen (secondary N) is 1. The van der Waals surface area contributed by atoms with Crippen molar-refractivity contribution in [1.82, 2.24) is 9.78 Å². The maximum Gasteiger partial charge on any atom is 0.246 e. The lowest BCUT2D eigenvalue weighted by Crippen LogP contribution is -2.20. The SMILES string of the molecule is COc1ccc(NC(=O)Cn2nc(C)c(Cl)c2C)cc1CO. The number of amides is 1. The summed E-state index contributed by atoms with van der Waals surface area (Å²) in [7, 11) is 1.53. The lowest BCUT2D eigenvalue weighted by molar-refractivity contribution is -0.116. The smallest absolute Gasteiger partial charge is 0.246 e. The highest BCUT2D eigenvalue weighted by atomic mass is 35.5. The zero-order valence-electron chi connectivity index (χ0n) is 12.7. The molecule has 2 N–H and O–H groups in total. The Morgan fingerprint density at radius 3 is 2.73 bits per heavy atom. The standard InChI is InChI=1S/C15H18ClN3O3/c1-9-15(16)10(2)19(18-9)7-14(21)17-12-4-5-13(22-3)11(6-12)8-20/h4-6,20H,7-8H2,1-3H3,(H,17,21). The number of ether oxygens (including phenoxy) is 1. The second-order valence-corrected chi connectivity index (χ2v) is 5.25. The number of halogens is 1. The lowest BCUT2D eigenvalue weighted by atomic mass is 10.2. The Morgan fingerprint density at radius 1 is 1.45 bits per heavy atom. The summed E-state index contributed by atoms with van der Waals surface area (Å²) in [6.45, 7) is 3.51. The highest BCUT2D eigenvalue weighted by Gasteiger charge is 2.13. The molecule has 0 aliphatic heterocycles.